The van der Waals surface area contributed by atoms with Gasteiger partial charge in [-0.2, -0.15) is 0 Å². The molecule has 0 unspecified atom stereocenters. The van der Waals surface area contributed by atoms with E-state index in [1.807, 2.05) is 19.3 Å². The van der Waals surface area contributed by atoms with Gasteiger partial charge < -0.3 is 8.98 Å². The molecule has 0 aliphatic carbocycles. The van der Waals surface area contributed by atoms with Crippen LogP contribution in [0.25, 0.3) is 0 Å². The van der Waals surface area contributed by atoms with E-state index in [0.717, 1.165) is 0 Å². The van der Waals surface area contributed by atoms with Crippen LogP contribution in [0.4, 0.5) is 0 Å². The van der Waals surface area contributed by atoms with Crippen molar-refractivity contribution in [2.24, 2.45) is 7.05 Å². The van der Waals surface area contributed by atoms with Crippen molar-refractivity contribution >= 4 is 21.7 Å². The van der Waals surface area contributed by atoms with Gasteiger partial charge in [0, 0.05) is 13.2 Å². The average molecular weight is 254 g/mol. The van der Waals surface area contributed by atoms with E-state index in [-0.39, 0.29) is 5.78 Å². The van der Waals surface area contributed by atoms with Gasteiger partial charge in [-0.1, -0.05) is 0 Å². The quantitative estimate of drug-likeness (QED) is 0.772. The van der Waals surface area contributed by atoms with Crippen molar-refractivity contribution in [2.75, 3.05) is 0 Å². The smallest absolute Gasteiger partial charge is 0.244 e. The molecule has 72 valence electrons. The highest BCUT2D eigenvalue weighted by Crippen LogP contribution is 2.17. The lowest BCUT2D eigenvalue weighted by Crippen LogP contribution is -2.05. The Hall–Kier alpha value is -1.29. The number of carbonyl (C=O) groups is 1. The molecule has 3 nitrogen and oxygen atoms in total. The number of nitrogens with zero attached hydrogens (tertiary/aromatic N) is 1. The van der Waals surface area contributed by atoms with E-state index in [9.17, 15) is 4.79 Å². The Kier molecular flexibility index (Phi) is 2.29. The monoisotopic (exact) mass is 253 g/mol. The average Bonchev–Trinajstić information content (AvgIpc) is 2.73. The molecule has 0 saturated heterocycles. The van der Waals surface area contributed by atoms with Gasteiger partial charge in [0.2, 0.25) is 5.78 Å². The number of hydrogen-bond acceptors (Lipinski definition) is 2. The first-order valence-electron chi connectivity index (χ1n) is 4.10. The third-order valence-electron chi connectivity index (χ3n) is 1.97. The Labute approximate surface area is 89.5 Å². The predicted octanol–water partition coefficient (Wildman–Crippen LogP) is 2.61. The maximum absolute atomic E-state index is 11.8. The zero-order chi connectivity index (χ0) is 10.1. The fraction of sp³-hybridized carbons (Fsp3) is 0.100. The molecule has 14 heavy (non-hydrogen) atoms. The number of halogens is 1. The summed E-state index contributed by atoms with van der Waals surface area (Å²) in [6.45, 7) is 0. The summed E-state index contributed by atoms with van der Waals surface area (Å²) in [4.78, 5) is 11.8. The van der Waals surface area contributed by atoms with Gasteiger partial charge >= 0.3 is 0 Å². The molecule has 2 aromatic rings. The van der Waals surface area contributed by atoms with Crippen LogP contribution in [-0.4, -0.2) is 10.4 Å². The topological polar surface area (TPSA) is 35.1 Å². The maximum atomic E-state index is 11.8. The normalized spacial score (nSPS) is 10.4. The van der Waals surface area contributed by atoms with Crippen LogP contribution >= 0.6 is 15.9 Å². The van der Waals surface area contributed by atoms with Crippen molar-refractivity contribution in [3.63, 3.8) is 0 Å². The summed E-state index contributed by atoms with van der Waals surface area (Å²) in [5.74, 6) is 0.238. The molecular weight excluding hydrogens is 246 g/mol. The van der Waals surface area contributed by atoms with Crippen molar-refractivity contribution in [3.05, 3.63) is 46.6 Å². The molecule has 2 heterocycles. The summed E-state index contributed by atoms with van der Waals surface area (Å²) >= 11 is 3.16. The van der Waals surface area contributed by atoms with Gasteiger partial charge in [0.05, 0.1) is 5.69 Å². The summed E-state index contributed by atoms with van der Waals surface area (Å²) in [5, 5.41) is 0. The Morgan fingerprint density at radius 2 is 2.21 bits per heavy atom. The van der Waals surface area contributed by atoms with Gasteiger partial charge in [-0.15, -0.1) is 0 Å². The molecule has 0 bridgehead atoms. The zero-order valence-corrected chi connectivity index (χ0v) is 9.11. The minimum absolute atomic E-state index is 0.108. The number of carbonyl (C=O) groups excluding carboxylic acids is 1. The Morgan fingerprint density at radius 3 is 2.71 bits per heavy atom. The highest BCUT2D eigenvalue weighted by atomic mass is 79.9. The molecule has 0 fully saturated rings. The number of rotatable bonds is 2. The highest BCUT2D eigenvalue weighted by molar-refractivity contribution is 9.10. The molecular formula is C10H8BrNO2. The number of aromatic nitrogens is 1. The van der Waals surface area contributed by atoms with Gasteiger partial charge in [0.25, 0.3) is 0 Å². The van der Waals surface area contributed by atoms with Gasteiger partial charge in [0.15, 0.2) is 10.4 Å². The summed E-state index contributed by atoms with van der Waals surface area (Å²) in [7, 11) is 1.82. The van der Waals surface area contributed by atoms with Gasteiger partial charge in [-0.25, -0.2) is 0 Å². The first-order valence-corrected chi connectivity index (χ1v) is 4.89. The van der Waals surface area contributed by atoms with Gasteiger partial charge in [0.1, 0.15) is 0 Å². The van der Waals surface area contributed by atoms with E-state index in [4.69, 9.17) is 4.42 Å². The minimum atomic E-state index is -0.108. The Balaban J connectivity index is 2.38. The number of furan rings is 1. The van der Waals surface area contributed by atoms with E-state index in [1.165, 1.54) is 0 Å². The number of aryl methyl sites for hydroxylation is 1. The highest BCUT2D eigenvalue weighted by Gasteiger charge is 2.15. The second-order valence-corrected chi connectivity index (χ2v) is 3.72. The van der Waals surface area contributed by atoms with Crippen LogP contribution in [0.5, 0.6) is 0 Å². The van der Waals surface area contributed by atoms with E-state index >= 15 is 0 Å². The summed E-state index contributed by atoms with van der Waals surface area (Å²) in [6.07, 6.45) is 1.82. The van der Waals surface area contributed by atoms with Crippen molar-refractivity contribution in [1.29, 1.82) is 0 Å². The SMILES string of the molecule is Cn1cccc1C(=O)c1ccc(Br)o1. The van der Waals surface area contributed by atoms with Crippen LogP contribution in [-0.2, 0) is 7.05 Å². The Morgan fingerprint density at radius 1 is 1.43 bits per heavy atom. The van der Waals surface area contributed by atoms with Crippen molar-refractivity contribution < 1.29 is 9.21 Å². The standard InChI is InChI=1S/C10H8BrNO2/c1-12-6-2-3-7(12)10(13)8-4-5-9(11)14-8/h2-6H,1H3. The van der Waals surface area contributed by atoms with Crippen LogP contribution in [0.2, 0.25) is 0 Å². The van der Waals surface area contributed by atoms with E-state index < -0.39 is 0 Å². The Bertz CT molecular complexity index is 470. The van der Waals surface area contributed by atoms with Crippen LogP contribution < -0.4 is 0 Å². The summed E-state index contributed by atoms with van der Waals surface area (Å²) < 4.78 is 7.51. The van der Waals surface area contributed by atoms with Crippen LogP contribution in [0.3, 0.4) is 0 Å². The number of ketones is 1. The fourth-order valence-corrected chi connectivity index (χ4v) is 1.57. The van der Waals surface area contributed by atoms with Crippen molar-refractivity contribution in [2.45, 2.75) is 0 Å². The lowest BCUT2D eigenvalue weighted by Gasteiger charge is -1.98. The second kappa shape index (κ2) is 3.46. The van der Waals surface area contributed by atoms with Gasteiger partial charge in [-0.05, 0) is 40.2 Å². The fourth-order valence-electron chi connectivity index (χ4n) is 1.26. The first kappa shape index (κ1) is 9.27. The van der Waals surface area contributed by atoms with E-state index in [0.29, 0.717) is 16.1 Å². The van der Waals surface area contributed by atoms with E-state index in [1.54, 1.807) is 22.8 Å². The molecule has 0 aromatic carbocycles. The van der Waals surface area contributed by atoms with E-state index in [2.05, 4.69) is 15.9 Å². The molecule has 0 spiro atoms. The minimum Gasteiger partial charge on any atom is -0.446 e. The van der Waals surface area contributed by atoms with Crippen LogP contribution in [0.15, 0.2) is 39.5 Å². The van der Waals surface area contributed by atoms with Crippen LogP contribution in [0, 0.1) is 0 Å². The molecule has 4 heteroatoms. The van der Waals surface area contributed by atoms with Gasteiger partial charge in [-0.3, -0.25) is 4.79 Å². The third-order valence-corrected chi connectivity index (χ3v) is 2.40. The van der Waals surface area contributed by atoms with Crippen molar-refractivity contribution in [1.82, 2.24) is 4.57 Å². The predicted molar refractivity (Wildman–Crippen MR) is 55.3 cm³/mol. The molecule has 2 aromatic heterocycles. The zero-order valence-electron chi connectivity index (χ0n) is 7.53. The molecule has 0 atom stereocenters. The maximum Gasteiger partial charge on any atom is 0.244 e. The summed E-state index contributed by atoms with van der Waals surface area (Å²) in [5.41, 5.74) is 0.617. The largest absolute Gasteiger partial charge is 0.446 e. The lowest BCUT2D eigenvalue weighted by molar-refractivity contribution is 0.100. The lowest BCUT2D eigenvalue weighted by atomic mass is 10.2. The molecule has 0 aliphatic heterocycles. The first-order chi connectivity index (χ1) is 6.68. The molecule has 0 radical (unpaired) electrons. The number of hydrogen-bond donors (Lipinski definition) is 0. The molecule has 2 rings (SSSR count). The molecule has 0 amide bonds. The molecule has 0 saturated carbocycles. The third kappa shape index (κ3) is 1.53. The summed E-state index contributed by atoms with van der Waals surface area (Å²) in [6, 6.07) is 6.94. The van der Waals surface area contributed by atoms with Crippen molar-refractivity contribution in [3.8, 4) is 0 Å². The second-order valence-electron chi connectivity index (χ2n) is 2.94. The molecule has 0 aliphatic rings. The molecule has 0 N–H and O–H groups in total. The van der Waals surface area contributed by atoms with Crippen LogP contribution in [0.1, 0.15) is 16.2 Å².